The molecular formula is C14H11ClN6O2. The predicted molar refractivity (Wildman–Crippen MR) is 80.1 cm³/mol. The minimum Gasteiger partial charge on any atom is -0.345 e. The summed E-state index contributed by atoms with van der Waals surface area (Å²) in [5, 5.41) is 15.1. The Hall–Kier alpha value is -2.74. The van der Waals surface area contributed by atoms with Gasteiger partial charge in [-0.25, -0.2) is 4.68 Å². The van der Waals surface area contributed by atoms with Crippen molar-refractivity contribution in [2.45, 2.75) is 18.9 Å². The van der Waals surface area contributed by atoms with Gasteiger partial charge in [-0.05, 0) is 31.0 Å². The van der Waals surface area contributed by atoms with Crippen LogP contribution in [0.2, 0.25) is 5.02 Å². The topological polar surface area (TPSA) is 98.7 Å². The molecule has 1 fully saturated rings. The van der Waals surface area contributed by atoms with Crippen LogP contribution in [0.15, 0.2) is 35.0 Å². The summed E-state index contributed by atoms with van der Waals surface area (Å²) in [5.74, 6) is -0.239. The summed E-state index contributed by atoms with van der Waals surface area (Å²) < 4.78 is 6.52. The maximum absolute atomic E-state index is 11.8. The summed E-state index contributed by atoms with van der Waals surface area (Å²) in [7, 11) is 0. The van der Waals surface area contributed by atoms with Gasteiger partial charge in [0.15, 0.2) is 5.69 Å². The Morgan fingerprint density at radius 2 is 2.26 bits per heavy atom. The minimum atomic E-state index is -0.367. The molecule has 3 aromatic rings. The van der Waals surface area contributed by atoms with Crippen molar-refractivity contribution < 1.29 is 9.32 Å². The molecule has 0 radical (unpaired) electrons. The largest absolute Gasteiger partial charge is 0.345 e. The highest BCUT2D eigenvalue weighted by Gasteiger charge is 2.27. The Balaban J connectivity index is 1.57. The van der Waals surface area contributed by atoms with E-state index >= 15 is 0 Å². The van der Waals surface area contributed by atoms with E-state index in [1.165, 1.54) is 0 Å². The lowest BCUT2D eigenvalue weighted by atomic mass is 10.3. The fourth-order valence-electron chi connectivity index (χ4n) is 2.01. The number of aromatic nitrogens is 5. The summed E-state index contributed by atoms with van der Waals surface area (Å²) in [6.45, 7) is 0. The van der Waals surface area contributed by atoms with Crippen LogP contribution in [0.3, 0.4) is 0 Å². The summed E-state index contributed by atoms with van der Waals surface area (Å²) in [6, 6.07) is 7.40. The second kappa shape index (κ2) is 5.47. The number of amides is 1. The molecule has 1 aliphatic carbocycles. The third-order valence-electron chi connectivity index (χ3n) is 3.33. The second-order valence-corrected chi connectivity index (χ2v) is 5.64. The lowest BCUT2D eigenvalue weighted by Gasteiger charge is -1.98. The number of carbonyl (C=O) groups excluding carboxylic acids is 1. The van der Waals surface area contributed by atoms with Gasteiger partial charge >= 0.3 is 11.8 Å². The van der Waals surface area contributed by atoms with Crippen molar-refractivity contribution in [2.75, 3.05) is 0 Å². The molecule has 2 heterocycles. The molecule has 0 bridgehead atoms. The van der Waals surface area contributed by atoms with E-state index in [0.717, 1.165) is 18.5 Å². The standard InChI is InChI=1S/C14H11ClN6O2/c15-8-2-1-3-10(6-8)21-7-11(18-20-21)12-17-14(23-19-12)13(22)16-9-4-5-9/h1-3,6-7,9H,4-5H2,(H,16,22). The van der Waals surface area contributed by atoms with Crippen molar-refractivity contribution >= 4 is 17.5 Å². The van der Waals surface area contributed by atoms with Gasteiger partial charge in [-0.2, -0.15) is 4.98 Å². The summed E-state index contributed by atoms with van der Waals surface area (Å²) >= 11 is 5.96. The van der Waals surface area contributed by atoms with Crippen molar-refractivity contribution in [2.24, 2.45) is 0 Å². The van der Waals surface area contributed by atoms with E-state index in [4.69, 9.17) is 16.1 Å². The van der Waals surface area contributed by atoms with E-state index < -0.39 is 0 Å². The molecule has 0 saturated heterocycles. The van der Waals surface area contributed by atoms with Crippen molar-refractivity contribution in [3.63, 3.8) is 0 Å². The average Bonchev–Trinajstić information content (AvgIpc) is 3.06. The van der Waals surface area contributed by atoms with Crippen molar-refractivity contribution in [3.8, 4) is 17.2 Å². The van der Waals surface area contributed by atoms with Crippen LogP contribution >= 0.6 is 11.6 Å². The van der Waals surface area contributed by atoms with Crippen LogP contribution in [-0.2, 0) is 0 Å². The third-order valence-corrected chi connectivity index (χ3v) is 3.56. The number of nitrogens with one attached hydrogen (secondary N) is 1. The quantitative estimate of drug-likeness (QED) is 0.784. The fourth-order valence-corrected chi connectivity index (χ4v) is 2.19. The van der Waals surface area contributed by atoms with E-state index in [1.54, 1.807) is 23.0 Å². The van der Waals surface area contributed by atoms with Crippen LogP contribution in [-0.4, -0.2) is 37.1 Å². The van der Waals surface area contributed by atoms with E-state index in [2.05, 4.69) is 25.8 Å². The van der Waals surface area contributed by atoms with Crippen LogP contribution in [0.5, 0.6) is 0 Å². The zero-order chi connectivity index (χ0) is 15.8. The van der Waals surface area contributed by atoms with E-state index in [1.807, 2.05) is 12.1 Å². The molecule has 1 saturated carbocycles. The molecule has 2 aromatic heterocycles. The number of nitrogens with zero attached hydrogens (tertiary/aromatic N) is 5. The smallest absolute Gasteiger partial charge is 0.316 e. The molecule has 1 aliphatic rings. The predicted octanol–water partition coefficient (Wildman–Crippen LogP) is 1.86. The Bertz CT molecular complexity index is 870. The average molecular weight is 331 g/mol. The van der Waals surface area contributed by atoms with Gasteiger partial charge in [-0.15, -0.1) is 5.10 Å². The lowest BCUT2D eigenvalue weighted by molar-refractivity contribution is 0.0907. The molecule has 0 unspecified atom stereocenters. The number of rotatable bonds is 4. The first kappa shape index (κ1) is 13.9. The first-order chi connectivity index (χ1) is 11.2. The number of hydrogen-bond acceptors (Lipinski definition) is 6. The molecule has 1 aromatic carbocycles. The molecule has 116 valence electrons. The lowest BCUT2D eigenvalue weighted by Crippen LogP contribution is -2.25. The van der Waals surface area contributed by atoms with Gasteiger partial charge in [-0.3, -0.25) is 4.79 Å². The molecular weight excluding hydrogens is 320 g/mol. The highest BCUT2D eigenvalue weighted by molar-refractivity contribution is 6.30. The van der Waals surface area contributed by atoms with Gasteiger partial charge in [0.1, 0.15) is 0 Å². The van der Waals surface area contributed by atoms with Gasteiger partial charge in [0.25, 0.3) is 0 Å². The van der Waals surface area contributed by atoms with Crippen LogP contribution < -0.4 is 5.32 Å². The molecule has 23 heavy (non-hydrogen) atoms. The Morgan fingerprint density at radius 3 is 3.04 bits per heavy atom. The first-order valence-corrected chi connectivity index (χ1v) is 7.40. The summed E-state index contributed by atoms with van der Waals surface area (Å²) in [5.41, 5.74) is 1.16. The van der Waals surface area contributed by atoms with Gasteiger partial charge < -0.3 is 9.84 Å². The highest BCUT2D eigenvalue weighted by atomic mass is 35.5. The molecule has 0 aliphatic heterocycles. The van der Waals surface area contributed by atoms with E-state index in [-0.39, 0.29) is 23.7 Å². The van der Waals surface area contributed by atoms with Gasteiger partial charge in [0.05, 0.1) is 11.9 Å². The van der Waals surface area contributed by atoms with Crippen LogP contribution in [0.25, 0.3) is 17.2 Å². The second-order valence-electron chi connectivity index (χ2n) is 5.20. The van der Waals surface area contributed by atoms with Gasteiger partial charge in [0.2, 0.25) is 5.82 Å². The molecule has 4 rings (SSSR count). The number of benzene rings is 1. The van der Waals surface area contributed by atoms with E-state index in [0.29, 0.717) is 10.7 Å². The normalized spacial score (nSPS) is 14.0. The van der Waals surface area contributed by atoms with Crippen molar-refractivity contribution in [3.05, 3.63) is 41.4 Å². The molecule has 0 atom stereocenters. The molecule has 9 heteroatoms. The molecule has 8 nitrogen and oxygen atoms in total. The number of carbonyl (C=O) groups is 1. The summed E-state index contributed by atoms with van der Waals surface area (Å²) in [6.07, 6.45) is 3.61. The third kappa shape index (κ3) is 2.93. The summed E-state index contributed by atoms with van der Waals surface area (Å²) in [4.78, 5) is 15.9. The maximum Gasteiger partial charge on any atom is 0.316 e. The van der Waals surface area contributed by atoms with Crippen LogP contribution in [0.4, 0.5) is 0 Å². The zero-order valence-corrected chi connectivity index (χ0v) is 12.6. The van der Waals surface area contributed by atoms with Gasteiger partial charge in [0, 0.05) is 11.1 Å². The fraction of sp³-hybridized carbons (Fsp3) is 0.214. The highest BCUT2D eigenvalue weighted by Crippen LogP contribution is 2.20. The molecule has 0 spiro atoms. The molecule has 1 amide bonds. The molecule has 1 N–H and O–H groups in total. The maximum atomic E-state index is 11.8. The SMILES string of the molecule is O=C(NC1CC1)c1nc(-c2cn(-c3cccc(Cl)c3)nn2)no1. The number of halogens is 1. The number of hydrogen-bond donors (Lipinski definition) is 1. The van der Waals surface area contributed by atoms with E-state index in [9.17, 15) is 4.79 Å². The first-order valence-electron chi connectivity index (χ1n) is 7.02. The van der Waals surface area contributed by atoms with Crippen molar-refractivity contribution in [1.29, 1.82) is 0 Å². The Kier molecular flexibility index (Phi) is 3.30. The monoisotopic (exact) mass is 330 g/mol. The van der Waals surface area contributed by atoms with Gasteiger partial charge in [-0.1, -0.05) is 28.0 Å². The van der Waals surface area contributed by atoms with Crippen molar-refractivity contribution in [1.82, 2.24) is 30.5 Å². The van der Waals surface area contributed by atoms with Crippen LogP contribution in [0.1, 0.15) is 23.5 Å². The Morgan fingerprint density at radius 1 is 1.39 bits per heavy atom. The van der Waals surface area contributed by atoms with Crippen LogP contribution in [0, 0.1) is 0 Å². The zero-order valence-electron chi connectivity index (χ0n) is 11.8. The minimum absolute atomic E-state index is 0.0794. The Labute approximate surface area is 135 Å².